The monoisotopic (exact) mass is 233 g/mol. The van der Waals surface area contributed by atoms with Gasteiger partial charge in [0.2, 0.25) is 0 Å². The zero-order valence-electron chi connectivity index (χ0n) is 11.2. The second-order valence-electron chi connectivity index (χ2n) is 6.01. The molecule has 94 valence electrons. The van der Waals surface area contributed by atoms with Crippen LogP contribution in [0.2, 0.25) is 0 Å². The Morgan fingerprint density at radius 1 is 1.35 bits per heavy atom. The van der Waals surface area contributed by atoms with Crippen molar-refractivity contribution in [3.05, 3.63) is 29.6 Å². The lowest BCUT2D eigenvalue weighted by atomic mass is 9.87. The molecule has 0 amide bonds. The second-order valence-corrected chi connectivity index (χ2v) is 6.01. The average Bonchev–Trinajstić information content (AvgIpc) is 2.78. The fourth-order valence-corrected chi connectivity index (χ4v) is 2.23. The van der Waals surface area contributed by atoms with E-state index in [1.165, 1.54) is 24.0 Å². The van der Waals surface area contributed by atoms with Gasteiger partial charge in [-0.05, 0) is 42.2 Å². The summed E-state index contributed by atoms with van der Waals surface area (Å²) < 4.78 is 5.65. The maximum Gasteiger partial charge on any atom is 0.0579 e. The summed E-state index contributed by atoms with van der Waals surface area (Å²) in [5, 5.41) is 0. The summed E-state index contributed by atoms with van der Waals surface area (Å²) in [6.07, 6.45) is 9.13. The van der Waals surface area contributed by atoms with E-state index in [9.17, 15) is 0 Å². The predicted molar refractivity (Wildman–Crippen MR) is 70.2 cm³/mol. The lowest BCUT2D eigenvalue weighted by Gasteiger charge is -2.19. The van der Waals surface area contributed by atoms with Crippen molar-refractivity contribution in [1.82, 2.24) is 4.98 Å². The first-order chi connectivity index (χ1) is 8.05. The number of aromatic nitrogens is 1. The minimum absolute atomic E-state index is 0.187. The van der Waals surface area contributed by atoms with Crippen LogP contribution in [-0.4, -0.2) is 17.7 Å². The summed E-state index contributed by atoms with van der Waals surface area (Å²) in [6.45, 7) is 7.64. The zero-order chi connectivity index (χ0) is 12.3. The number of hydrogen-bond donors (Lipinski definition) is 0. The summed E-state index contributed by atoms with van der Waals surface area (Å²) in [4.78, 5) is 4.36. The Labute approximate surface area is 104 Å². The summed E-state index contributed by atoms with van der Waals surface area (Å²) >= 11 is 0. The Balaban J connectivity index is 1.96. The topological polar surface area (TPSA) is 22.1 Å². The van der Waals surface area contributed by atoms with Crippen molar-refractivity contribution in [1.29, 1.82) is 0 Å². The number of hydrogen-bond acceptors (Lipinski definition) is 2. The molecule has 1 aliphatic rings. The molecule has 17 heavy (non-hydrogen) atoms. The van der Waals surface area contributed by atoms with Crippen molar-refractivity contribution in [2.45, 2.75) is 58.0 Å². The molecular weight excluding hydrogens is 210 g/mol. The normalized spacial score (nSPS) is 20.8. The van der Waals surface area contributed by atoms with Gasteiger partial charge in [-0.25, -0.2) is 0 Å². The maximum atomic E-state index is 5.65. The maximum absolute atomic E-state index is 5.65. The highest BCUT2D eigenvalue weighted by Gasteiger charge is 2.17. The van der Waals surface area contributed by atoms with E-state index in [4.69, 9.17) is 4.74 Å². The van der Waals surface area contributed by atoms with Crippen LogP contribution in [0.4, 0.5) is 0 Å². The molecule has 1 fully saturated rings. The fourth-order valence-electron chi connectivity index (χ4n) is 2.23. The summed E-state index contributed by atoms with van der Waals surface area (Å²) in [7, 11) is 0. The largest absolute Gasteiger partial charge is 0.378 e. The third-order valence-electron chi connectivity index (χ3n) is 3.44. The van der Waals surface area contributed by atoms with Gasteiger partial charge in [-0.3, -0.25) is 4.98 Å². The Hall–Kier alpha value is -0.890. The quantitative estimate of drug-likeness (QED) is 0.797. The van der Waals surface area contributed by atoms with E-state index in [1.54, 1.807) is 0 Å². The van der Waals surface area contributed by atoms with Crippen LogP contribution in [0.5, 0.6) is 0 Å². The third kappa shape index (κ3) is 3.53. The van der Waals surface area contributed by atoms with Gasteiger partial charge in [-0.15, -0.1) is 0 Å². The molecule has 1 saturated heterocycles. The SMILES string of the molecule is CC(C)(C)c1cncc(CCC2CCCO2)c1. The number of ether oxygens (including phenoxy) is 1. The molecule has 0 bridgehead atoms. The molecule has 0 saturated carbocycles. The summed E-state index contributed by atoms with van der Waals surface area (Å²) in [6, 6.07) is 2.29. The number of rotatable bonds is 3. The van der Waals surface area contributed by atoms with E-state index in [0.717, 1.165) is 19.4 Å². The van der Waals surface area contributed by atoms with Crippen LogP contribution < -0.4 is 0 Å². The van der Waals surface area contributed by atoms with Gasteiger partial charge in [0, 0.05) is 19.0 Å². The molecular formula is C15H23NO. The Bertz CT molecular complexity index is 361. The molecule has 1 aliphatic heterocycles. The van der Waals surface area contributed by atoms with Crippen molar-refractivity contribution in [3.63, 3.8) is 0 Å². The molecule has 0 spiro atoms. The molecule has 2 heteroatoms. The van der Waals surface area contributed by atoms with Crippen LogP contribution in [0.15, 0.2) is 18.5 Å². The highest BCUT2D eigenvalue weighted by Crippen LogP contribution is 2.23. The van der Waals surface area contributed by atoms with Gasteiger partial charge in [0.05, 0.1) is 6.10 Å². The van der Waals surface area contributed by atoms with Gasteiger partial charge in [0.1, 0.15) is 0 Å². The minimum Gasteiger partial charge on any atom is -0.378 e. The molecule has 2 rings (SSSR count). The Morgan fingerprint density at radius 3 is 2.82 bits per heavy atom. The number of pyridine rings is 1. The van der Waals surface area contributed by atoms with Crippen molar-refractivity contribution in [2.75, 3.05) is 6.61 Å². The predicted octanol–water partition coefficient (Wildman–Crippen LogP) is 3.49. The number of aryl methyl sites for hydroxylation is 1. The van der Waals surface area contributed by atoms with Gasteiger partial charge in [0.25, 0.3) is 0 Å². The van der Waals surface area contributed by atoms with Crippen LogP contribution in [-0.2, 0) is 16.6 Å². The summed E-state index contributed by atoms with van der Waals surface area (Å²) in [5.41, 5.74) is 2.85. The lowest BCUT2D eigenvalue weighted by Crippen LogP contribution is -2.12. The van der Waals surface area contributed by atoms with Crippen LogP contribution >= 0.6 is 0 Å². The van der Waals surface area contributed by atoms with Crippen molar-refractivity contribution in [2.24, 2.45) is 0 Å². The van der Waals surface area contributed by atoms with E-state index in [1.807, 2.05) is 12.4 Å². The van der Waals surface area contributed by atoms with Crippen molar-refractivity contribution >= 4 is 0 Å². The van der Waals surface area contributed by atoms with E-state index < -0.39 is 0 Å². The first-order valence-electron chi connectivity index (χ1n) is 6.62. The van der Waals surface area contributed by atoms with Crippen LogP contribution in [0.3, 0.4) is 0 Å². The van der Waals surface area contributed by atoms with Crippen LogP contribution in [0.1, 0.15) is 51.2 Å². The highest BCUT2D eigenvalue weighted by molar-refractivity contribution is 5.24. The Morgan fingerprint density at radius 2 is 2.18 bits per heavy atom. The highest BCUT2D eigenvalue weighted by atomic mass is 16.5. The average molecular weight is 233 g/mol. The molecule has 0 aromatic carbocycles. The fraction of sp³-hybridized carbons (Fsp3) is 0.667. The molecule has 2 heterocycles. The molecule has 1 aromatic rings. The van der Waals surface area contributed by atoms with Gasteiger partial charge in [-0.1, -0.05) is 26.8 Å². The molecule has 0 aliphatic carbocycles. The smallest absolute Gasteiger partial charge is 0.0579 e. The van der Waals surface area contributed by atoms with Gasteiger partial charge in [-0.2, -0.15) is 0 Å². The molecule has 1 atom stereocenters. The van der Waals surface area contributed by atoms with Gasteiger partial charge < -0.3 is 4.74 Å². The molecule has 2 nitrogen and oxygen atoms in total. The molecule has 0 N–H and O–H groups in total. The second kappa shape index (κ2) is 5.18. The van der Waals surface area contributed by atoms with E-state index in [0.29, 0.717) is 6.10 Å². The first kappa shape index (κ1) is 12.6. The van der Waals surface area contributed by atoms with E-state index >= 15 is 0 Å². The third-order valence-corrected chi connectivity index (χ3v) is 3.44. The van der Waals surface area contributed by atoms with Gasteiger partial charge >= 0.3 is 0 Å². The van der Waals surface area contributed by atoms with Crippen molar-refractivity contribution in [3.8, 4) is 0 Å². The number of nitrogens with zero attached hydrogens (tertiary/aromatic N) is 1. The first-order valence-corrected chi connectivity index (χ1v) is 6.62. The summed E-state index contributed by atoms with van der Waals surface area (Å²) in [5.74, 6) is 0. The van der Waals surface area contributed by atoms with Crippen LogP contribution in [0.25, 0.3) is 0 Å². The van der Waals surface area contributed by atoms with Crippen LogP contribution in [0, 0.1) is 0 Å². The minimum atomic E-state index is 0.187. The lowest BCUT2D eigenvalue weighted by molar-refractivity contribution is 0.104. The zero-order valence-corrected chi connectivity index (χ0v) is 11.2. The van der Waals surface area contributed by atoms with Crippen molar-refractivity contribution < 1.29 is 4.74 Å². The molecule has 1 aromatic heterocycles. The van der Waals surface area contributed by atoms with E-state index in [-0.39, 0.29) is 5.41 Å². The van der Waals surface area contributed by atoms with E-state index in [2.05, 4.69) is 31.8 Å². The molecule has 1 unspecified atom stereocenters. The van der Waals surface area contributed by atoms with Gasteiger partial charge in [0.15, 0.2) is 0 Å². The molecule has 0 radical (unpaired) electrons. The Kier molecular flexibility index (Phi) is 3.82. The standard InChI is InChI=1S/C15H23NO/c1-15(2,3)13-9-12(10-16-11-13)6-7-14-5-4-8-17-14/h9-11,14H,4-8H2,1-3H3.